The van der Waals surface area contributed by atoms with Crippen molar-refractivity contribution < 1.29 is 0 Å². The van der Waals surface area contributed by atoms with Gasteiger partial charge in [0.05, 0.1) is 17.0 Å². The number of nitrogens with one attached hydrogen (secondary N) is 1. The molecular formula is C31H26N8S. The molecule has 1 saturated heterocycles. The topological polar surface area (TPSA) is 98.8 Å². The number of rotatable bonds is 6. The minimum Gasteiger partial charge on any atom is -0.323 e. The lowest BCUT2D eigenvalue weighted by Crippen LogP contribution is -2.32. The number of hydrogen-bond donors (Lipinski definition) is 1. The van der Waals surface area contributed by atoms with Crippen molar-refractivity contribution >= 4 is 17.0 Å². The summed E-state index contributed by atoms with van der Waals surface area (Å²) in [5.74, 6) is 2.12. The van der Waals surface area contributed by atoms with Crippen LogP contribution >= 0.6 is 11.3 Å². The summed E-state index contributed by atoms with van der Waals surface area (Å²) >= 11 is 1.57. The van der Waals surface area contributed by atoms with E-state index in [0.717, 1.165) is 71.6 Å². The molecule has 1 aliphatic rings. The van der Waals surface area contributed by atoms with Gasteiger partial charge in [0.25, 0.3) is 0 Å². The third kappa shape index (κ3) is 4.57. The molecule has 5 heterocycles. The van der Waals surface area contributed by atoms with E-state index < -0.39 is 0 Å². The molecule has 0 amide bonds. The van der Waals surface area contributed by atoms with Crippen molar-refractivity contribution in [2.24, 2.45) is 0 Å². The Morgan fingerprint density at radius 3 is 2.52 bits per heavy atom. The number of thiazole rings is 1. The highest BCUT2D eigenvalue weighted by molar-refractivity contribution is 7.13. The van der Waals surface area contributed by atoms with Crippen LogP contribution in [0.4, 0.5) is 0 Å². The van der Waals surface area contributed by atoms with Crippen molar-refractivity contribution in [2.75, 3.05) is 13.1 Å². The average molecular weight is 543 g/mol. The van der Waals surface area contributed by atoms with E-state index in [2.05, 4.69) is 67.5 Å². The molecule has 1 fully saturated rings. The van der Waals surface area contributed by atoms with Gasteiger partial charge in [-0.1, -0.05) is 54.6 Å². The number of aromatic nitrogens is 6. The smallest absolute Gasteiger partial charge is 0.190 e. The average Bonchev–Trinajstić information content (AvgIpc) is 3.78. The second-order valence-electron chi connectivity index (χ2n) is 10.0. The molecule has 196 valence electrons. The number of hydrogen-bond acceptors (Lipinski definition) is 7. The Balaban J connectivity index is 1.08. The lowest BCUT2D eigenvalue weighted by molar-refractivity contribution is 0.202. The molecule has 1 aliphatic heterocycles. The second kappa shape index (κ2) is 10.5. The number of aromatic amines is 1. The first-order chi connectivity index (χ1) is 19.8. The predicted molar refractivity (Wildman–Crippen MR) is 156 cm³/mol. The number of piperidine rings is 1. The molecule has 6 aromatic rings. The van der Waals surface area contributed by atoms with E-state index in [4.69, 9.17) is 4.98 Å². The van der Waals surface area contributed by atoms with Gasteiger partial charge in [-0.05, 0) is 43.6 Å². The van der Waals surface area contributed by atoms with Crippen LogP contribution in [-0.2, 0) is 6.54 Å². The molecule has 0 bridgehead atoms. The molecule has 0 spiro atoms. The molecule has 0 radical (unpaired) electrons. The Morgan fingerprint density at radius 1 is 0.950 bits per heavy atom. The summed E-state index contributed by atoms with van der Waals surface area (Å²) in [6.07, 6.45) is 5.87. The van der Waals surface area contributed by atoms with Gasteiger partial charge in [-0.2, -0.15) is 5.26 Å². The number of likely N-dealkylation sites (tertiary alicyclic amines) is 1. The fourth-order valence-corrected chi connectivity index (χ4v) is 6.09. The molecule has 8 nitrogen and oxygen atoms in total. The van der Waals surface area contributed by atoms with E-state index in [9.17, 15) is 5.26 Å². The summed E-state index contributed by atoms with van der Waals surface area (Å²) in [6, 6.07) is 24.9. The van der Waals surface area contributed by atoms with Gasteiger partial charge in [0.15, 0.2) is 16.5 Å². The molecule has 0 unspecified atom stereocenters. The Bertz CT molecular complexity index is 1790. The summed E-state index contributed by atoms with van der Waals surface area (Å²) in [5, 5.41) is 21.2. The molecule has 9 heteroatoms. The minimum absolute atomic E-state index is 0.393. The van der Waals surface area contributed by atoms with Crippen LogP contribution < -0.4 is 0 Å². The van der Waals surface area contributed by atoms with Gasteiger partial charge in [-0.15, -0.1) is 21.5 Å². The van der Waals surface area contributed by atoms with Crippen molar-refractivity contribution in [3.8, 4) is 39.4 Å². The van der Waals surface area contributed by atoms with E-state index in [1.165, 1.54) is 5.56 Å². The number of benzene rings is 2. The minimum atomic E-state index is 0.393. The Labute approximate surface area is 235 Å². The molecule has 2 aromatic carbocycles. The Hall–Kier alpha value is -4.65. The molecule has 40 heavy (non-hydrogen) atoms. The maximum Gasteiger partial charge on any atom is 0.190 e. The Morgan fingerprint density at radius 2 is 1.77 bits per heavy atom. The maximum absolute atomic E-state index is 9.67. The van der Waals surface area contributed by atoms with Crippen LogP contribution in [0, 0.1) is 11.3 Å². The molecule has 1 N–H and O–H groups in total. The number of pyridine rings is 1. The highest BCUT2D eigenvalue weighted by Gasteiger charge is 2.24. The van der Waals surface area contributed by atoms with Gasteiger partial charge in [0.1, 0.15) is 11.9 Å². The van der Waals surface area contributed by atoms with E-state index >= 15 is 0 Å². The first kappa shape index (κ1) is 24.4. The van der Waals surface area contributed by atoms with Gasteiger partial charge in [-0.3, -0.25) is 9.30 Å². The van der Waals surface area contributed by atoms with Crippen molar-refractivity contribution in [3.05, 3.63) is 101 Å². The third-order valence-corrected chi connectivity index (χ3v) is 8.34. The molecule has 4 aromatic heterocycles. The van der Waals surface area contributed by atoms with Crippen LogP contribution in [0.5, 0.6) is 0 Å². The fourth-order valence-electron chi connectivity index (χ4n) is 5.51. The SMILES string of the molecule is N#Cc1cccn2c(-c3ccccc3)c(-c3ccc(CN4CCC(c5nnc(-c6nccs6)[nH]5)CC4)cc3)nc12. The van der Waals surface area contributed by atoms with Gasteiger partial charge in [-0.25, -0.2) is 9.97 Å². The molecule has 0 saturated carbocycles. The monoisotopic (exact) mass is 542 g/mol. The third-order valence-electron chi connectivity index (χ3n) is 7.56. The first-order valence-corrected chi connectivity index (χ1v) is 14.3. The zero-order valence-electron chi connectivity index (χ0n) is 21.7. The van der Waals surface area contributed by atoms with Crippen LogP contribution in [0.3, 0.4) is 0 Å². The van der Waals surface area contributed by atoms with E-state index in [-0.39, 0.29) is 0 Å². The van der Waals surface area contributed by atoms with Crippen LogP contribution in [0.2, 0.25) is 0 Å². The second-order valence-corrected chi connectivity index (χ2v) is 10.9. The summed E-state index contributed by atoms with van der Waals surface area (Å²) in [6.45, 7) is 2.94. The van der Waals surface area contributed by atoms with Gasteiger partial charge < -0.3 is 4.98 Å². The zero-order valence-corrected chi connectivity index (χ0v) is 22.6. The summed E-state index contributed by atoms with van der Waals surface area (Å²) in [7, 11) is 0. The summed E-state index contributed by atoms with van der Waals surface area (Å²) in [5.41, 5.74) is 6.49. The zero-order chi connectivity index (χ0) is 26.9. The van der Waals surface area contributed by atoms with Crippen molar-refractivity contribution in [2.45, 2.75) is 25.3 Å². The standard InChI is InChI=1S/C31H26N8S/c32-19-25-7-4-15-39-27(23-5-2-1-3-6-23)26(34-30(25)39)22-10-8-21(9-11-22)20-38-16-12-24(13-17-38)28-35-29(37-36-28)31-33-14-18-40-31/h1-11,14-15,18,24H,12-13,16-17,20H2,(H,35,36,37). The number of nitrogens with zero attached hydrogens (tertiary/aromatic N) is 7. The number of H-pyrrole nitrogens is 1. The van der Waals surface area contributed by atoms with Crippen molar-refractivity contribution in [1.29, 1.82) is 5.26 Å². The molecule has 7 rings (SSSR count). The lowest BCUT2D eigenvalue weighted by atomic mass is 9.95. The van der Waals surface area contributed by atoms with Crippen LogP contribution in [0.1, 0.15) is 35.7 Å². The lowest BCUT2D eigenvalue weighted by Gasteiger charge is -2.30. The van der Waals surface area contributed by atoms with Gasteiger partial charge in [0, 0.05) is 41.4 Å². The van der Waals surface area contributed by atoms with E-state index in [0.29, 0.717) is 17.1 Å². The van der Waals surface area contributed by atoms with E-state index in [1.54, 1.807) is 17.5 Å². The fraction of sp³-hybridized carbons (Fsp3) is 0.194. The van der Waals surface area contributed by atoms with Crippen LogP contribution in [0.15, 0.2) is 84.5 Å². The number of fused-ring (bicyclic) bond motifs is 1. The van der Waals surface area contributed by atoms with Crippen molar-refractivity contribution in [3.63, 3.8) is 0 Å². The van der Waals surface area contributed by atoms with Gasteiger partial charge >= 0.3 is 0 Å². The Kier molecular flexibility index (Phi) is 6.40. The molecular weight excluding hydrogens is 516 g/mol. The first-order valence-electron chi connectivity index (χ1n) is 13.4. The summed E-state index contributed by atoms with van der Waals surface area (Å²) in [4.78, 5) is 15.2. The molecule has 0 atom stereocenters. The molecule has 0 aliphatic carbocycles. The normalized spacial score (nSPS) is 14.5. The highest BCUT2D eigenvalue weighted by atomic mass is 32.1. The maximum atomic E-state index is 9.67. The predicted octanol–water partition coefficient (Wildman–Crippen LogP) is 6.16. The van der Waals surface area contributed by atoms with Crippen LogP contribution in [-0.4, -0.2) is 47.5 Å². The van der Waals surface area contributed by atoms with Crippen molar-refractivity contribution in [1.82, 2.24) is 34.4 Å². The quantitative estimate of drug-likeness (QED) is 0.271. The van der Waals surface area contributed by atoms with Crippen LogP contribution in [0.25, 0.3) is 39.0 Å². The number of imidazole rings is 1. The van der Waals surface area contributed by atoms with E-state index in [1.807, 2.05) is 46.3 Å². The van der Waals surface area contributed by atoms with Gasteiger partial charge in [0.2, 0.25) is 0 Å². The number of nitriles is 1. The highest BCUT2D eigenvalue weighted by Crippen LogP contribution is 2.34. The summed E-state index contributed by atoms with van der Waals surface area (Å²) < 4.78 is 2.02. The largest absolute Gasteiger partial charge is 0.323 e.